The number of carbonyl (C=O) groups is 3. The number of carboxylic acids is 1. The summed E-state index contributed by atoms with van der Waals surface area (Å²) >= 11 is 0. The normalized spacial score (nSPS) is 27.2. The van der Waals surface area contributed by atoms with Crippen molar-refractivity contribution < 1.29 is 24.2 Å². The number of hydrogen-bond donors (Lipinski definition) is 3. The lowest BCUT2D eigenvalue weighted by Gasteiger charge is -2.42. The largest absolute Gasteiger partial charge is 0.481 e. The van der Waals surface area contributed by atoms with Gasteiger partial charge in [-0.3, -0.25) is 9.59 Å². The van der Waals surface area contributed by atoms with Crippen molar-refractivity contribution in [1.82, 2.24) is 10.6 Å². The van der Waals surface area contributed by atoms with E-state index in [1.54, 1.807) is 0 Å². The maximum absolute atomic E-state index is 13.1. The van der Waals surface area contributed by atoms with E-state index in [2.05, 4.69) is 34.9 Å². The highest BCUT2D eigenvalue weighted by atomic mass is 16.5. The first-order valence-corrected chi connectivity index (χ1v) is 12.5. The van der Waals surface area contributed by atoms with Crippen molar-refractivity contribution in [2.75, 3.05) is 6.61 Å². The van der Waals surface area contributed by atoms with Gasteiger partial charge in [-0.2, -0.15) is 0 Å². The Morgan fingerprint density at radius 1 is 1.00 bits per heavy atom. The standard InChI is InChI=1S/C28H32N2O5/c1-28(13-7-6-12-24(28)25(31)29-18-14-17(15-18)26(32)33)30-27(34)35-16-23-21-10-4-2-8-19(21)20-9-3-5-11-22(20)23/h2-5,8-11,17-18,23-24H,6-7,12-16H2,1H3,(H,29,31)(H,30,34)(H,32,33). The Hall–Kier alpha value is -3.35. The average Bonchev–Trinajstić information content (AvgIpc) is 3.13. The van der Waals surface area contributed by atoms with Gasteiger partial charge in [0, 0.05) is 12.0 Å². The molecule has 0 aromatic heterocycles. The minimum Gasteiger partial charge on any atom is -0.481 e. The Kier molecular flexibility index (Phi) is 6.26. The van der Waals surface area contributed by atoms with E-state index in [4.69, 9.17) is 9.84 Å². The zero-order chi connectivity index (χ0) is 24.6. The predicted octanol–water partition coefficient (Wildman–Crippen LogP) is 4.45. The molecule has 0 spiro atoms. The molecule has 2 unspecified atom stereocenters. The van der Waals surface area contributed by atoms with E-state index >= 15 is 0 Å². The number of amides is 2. The number of benzene rings is 2. The van der Waals surface area contributed by atoms with Gasteiger partial charge in [-0.15, -0.1) is 0 Å². The van der Waals surface area contributed by atoms with Crippen LogP contribution in [0.2, 0.25) is 0 Å². The molecule has 7 nitrogen and oxygen atoms in total. The van der Waals surface area contributed by atoms with Crippen molar-refractivity contribution >= 4 is 18.0 Å². The summed E-state index contributed by atoms with van der Waals surface area (Å²) in [7, 11) is 0. The molecule has 2 aromatic rings. The molecule has 2 fully saturated rings. The van der Waals surface area contributed by atoms with Gasteiger partial charge in [0.2, 0.25) is 5.91 Å². The molecule has 3 aliphatic rings. The second-order valence-corrected chi connectivity index (χ2v) is 10.4. The lowest BCUT2D eigenvalue weighted by Crippen LogP contribution is -2.59. The molecule has 184 valence electrons. The zero-order valence-corrected chi connectivity index (χ0v) is 20.0. The molecule has 0 bridgehead atoms. The summed E-state index contributed by atoms with van der Waals surface area (Å²) in [6, 6.07) is 16.3. The van der Waals surface area contributed by atoms with Crippen molar-refractivity contribution in [1.29, 1.82) is 0 Å². The summed E-state index contributed by atoms with van der Waals surface area (Å²) in [6.07, 6.45) is 3.63. The Morgan fingerprint density at radius 3 is 2.26 bits per heavy atom. The Balaban J connectivity index is 1.22. The van der Waals surface area contributed by atoms with Gasteiger partial charge in [0.1, 0.15) is 6.61 Å². The second-order valence-electron chi connectivity index (χ2n) is 10.4. The molecular weight excluding hydrogens is 444 g/mol. The number of fused-ring (bicyclic) bond motifs is 3. The fourth-order valence-corrected chi connectivity index (χ4v) is 6.01. The van der Waals surface area contributed by atoms with Crippen LogP contribution in [0.15, 0.2) is 48.5 Å². The smallest absolute Gasteiger partial charge is 0.407 e. The molecule has 3 N–H and O–H groups in total. The number of alkyl carbamates (subject to hydrolysis) is 1. The van der Waals surface area contributed by atoms with Crippen LogP contribution in [0.3, 0.4) is 0 Å². The van der Waals surface area contributed by atoms with Gasteiger partial charge < -0.3 is 20.5 Å². The first-order chi connectivity index (χ1) is 16.9. The van der Waals surface area contributed by atoms with E-state index in [1.807, 2.05) is 31.2 Å². The first-order valence-electron chi connectivity index (χ1n) is 12.5. The molecule has 2 aromatic carbocycles. The fourth-order valence-electron chi connectivity index (χ4n) is 6.01. The van der Waals surface area contributed by atoms with Crippen molar-refractivity contribution in [3.63, 3.8) is 0 Å². The Morgan fingerprint density at radius 2 is 1.63 bits per heavy atom. The van der Waals surface area contributed by atoms with E-state index in [-0.39, 0.29) is 36.3 Å². The number of nitrogens with one attached hydrogen (secondary N) is 2. The molecule has 0 radical (unpaired) electrons. The van der Waals surface area contributed by atoms with E-state index in [1.165, 1.54) is 11.1 Å². The SMILES string of the molecule is CC1(NC(=O)OCC2c3ccccc3-c3ccccc32)CCCCC1C(=O)NC1CC(C(=O)O)C1. The first kappa shape index (κ1) is 23.4. The minimum absolute atomic E-state index is 0.0211. The number of aliphatic carboxylic acids is 1. The van der Waals surface area contributed by atoms with Crippen molar-refractivity contribution in [3.05, 3.63) is 59.7 Å². The summed E-state index contributed by atoms with van der Waals surface area (Å²) in [5, 5.41) is 15.1. The molecule has 0 heterocycles. The van der Waals surface area contributed by atoms with Crippen LogP contribution in [0, 0.1) is 11.8 Å². The highest BCUT2D eigenvalue weighted by Gasteiger charge is 2.44. The lowest BCUT2D eigenvalue weighted by molar-refractivity contribution is -0.146. The van der Waals surface area contributed by atoms with Crippen LogP contribution in [0.4, 0.5) is 4.79 Å². The van der Waals surface area contributed by atoms with Crippen LogP contribution in [-0.4, -0.2) is 41.3 Å². The van der Waals surface area contributed by atoms with Crippen LogP contribution in [-0.2, 0) is 14.3 Å². The van der Waals surface area contributed by atoms with E-state index in [9.17, 15) is 14.4 Å². The van der Waals surface area contributed by atoms with Gasteiger partial charge in [0.25, 0.3) is 0 Å². The maximum atomic E-state index is 13.1. The molecule has 2 atom stereocenters. The molecular formula is C28H32N2O5. The Bertz CT molecular complexity index is 1100. The summed E-state index contributed by atoms with van der Waals surface area (Å²) in [5.41, 5.74) is 3.95. The minimum atomic E-state index is -0.810. The van der Waals surface area contributed by atoms with Crippen LogP contribution in [0.1, 0.15) is 62.5 Å². The van der Waals surface area contributed by atoms with Crippen LogP contribution in [0.5, 0.6) is 0 Å². The van der Waals surface area contributed by atoms with Gasteiger partial charge in [-0.05, 0) is 54.9 Å². The number of carbonyl (C=O) groups excluding carboxylic acids is 2. The van der Waals surface area contributed by atoms with Crippen LogP contribution in [0.25, 0.3) is 11.1 Å². The number of carboxylic acid groups (broad SMARTS) is 1. The third kappa shape index (κ3) is 4.51. The fraction of sp³-hybridized carbons (Fsp3) is 0.464. The van der Waals surface area contributed by atoms with Gasteiger partial charge in [-0.25, -0.2) is 4.79 Å². The number of rotatable bonds is 6. The molecule has 7 heteroatoms. The second kappa shape index (κ2) is 9.36. The van der Waals surface area contributed by atoms with Crippen molar-refractivity contribution in [2.24, 2.45) is 11.8 Å². The molecule has 0 aliphatic heterocycles. The predicted molar refractivity (Wildman–Crippen MR) is 131 cm³/mol. The highest BCUT2D eigenvalue weighted by molar-refractivity contribution is 5.82. The molecule has 35 heavy (non-hydrogen) atoms. The third-order valence-electron chi connectivity index (χ3n) is 8.09. The number of hydrogen-bond acceptors (Lipinski definition) is 4. The van der Waals surface area contributed by atoms with Crippen molar-refractivity contribution in [3.8, 4) is 11.1 Å². The molecule has 2 amide bonds. The van der Waals surface area contributed by atoms with Crippen molar-refractivity contribution in [2.45, 2.75) is 62.9 Å². The average molecular weight is 477 g/mol. The lowest BCUT2D eigenvalue weighted by atomic mass is 9.72. The summed E-state index contributed by atoms with van der Waals surface area (Å²) < 4.78 is 5.74. The molecule has 3 aliphatic carbocycles. The van der Waals surface area contributed by atoms with Crippen LogP contribution >= 0.6 is 0 Å². The van der Waals surface area contributed by atoms with Gasteiger partial charge >= 0.3 is 12.1 Å². The quantitative estimate of drug-likeness (QED) is 0.571. The highest BCUT2D eigenvalue weighted by Crippen LogP contribution is 2.44. The topological polar surface area (TPSA) is 105 Å². The number of ether oxygens (including phenoxy) is 1. The summed E-state index contributed by atoms with van der Waals surface area (Å²) in [4.78, 5) is 37.1. The summed E-state index contributed by atoms with van der Waals surface area (Å²) in [5.74, 6) is -1.69. The third-order valence-corrected chi connectivity index (χ3v) is 8.09. The summed E-state index contributed by atoms with van der Waals surface area (Å²) in [6.45, 7) is 2.14. The van der Waals surface area contributed by atoms with Gasteiger partial charge in [0.05, 0.1) is 17.4 Å². The van der Waals surface area contributed by atoms with Crippen LogP contribution < -0.4 is 10.6 Å². The van der Waals surface area contributed by atoms with E-state index in [0.29, 0.717) is 25.7 Å². The molecule has 2 saturated carbocycles. The van der Waals surface area contributed by atoms with E-state index < -0.39 is 17.6 Å². The Labute approximate surface area is 205 Å². The zero-order valence-electron chi connectivity index (χ0n) is 20.0. The monoisotopic (exact) mass is 476 g/mol. The van der Waals surface area contributed by atoms with Gasteiger partial charge in [-0.1, -0.05) is 61.4 Å². The maximum Gasteiger partial charge on any atom is 0.407 e. The van der Waals surface area contributed by atoms with Gasteiger partial charge in [0.15, 0.2) is 0 Å². The molecule has 0 saturated heterocycles. The molecule has 5 rings (SSSR count). The van der Waals surface area contributed by atoms with E-state index in [0.717, 1.165) is 24.0 Å².